The van der Waals surface area contributed by atoms with Crippen molar-refractivity contribution in [3.05, 3.63) is 29.3 Å². The van der Waals surface area contributed by atoms with Gasteiger partial charge in [0.05, 0.1) is 13.2 Å². The van der Waals surface area contributed by atoms with E-state index in [0.29, 0.717) is 13.2 Å². The average Bonchev–Trinajstić information content (AvgIpc) is 2.61. The van der Waals surface area contributed by atoms with E-state index >= 15 is 0 Å². The van der Waals surface area contributed by atoms with Crippen LogP contribution in [-0.4, -0.2) is 24.9 Å². The van der Waals surface area contributed by atoms with E-state index in [9.17, 15) is 5.11 Å². The minimum atomic E-state index is -0.725. The summed E-state index contributed by atoms with van der Waals surface area (Å²) in [4.78, 5) is 0. The van der Waals surface area contributed by atoms with E-state index in [1.807, 2.05) is 12.1 Å². The largest absolute Gasteiger partial charge is 0.384 e. The number of ether oxygens (including phenoxy) is 1. The summed E-state index contributed by atoms with van der Waals surface area (Å²) in [5.41, 5.74) is 2.75. The zero-order chi connectivity index (χ0) is 9.60. The molecule has 0 radical (unpaired) electrons. The summed E-state index contributed by atoms with van der Waals surface area (Å²) in [7, 11) is 0. The van der Waals surface area contributed by atoms with Gasteiger partial charge in [0.1, 0.15) is 5.60 Å². The van der Waals surface area contributed by atoms with Crippen LogP contribution in [-0.2, 0) is 16.8 Å². The highest BCUT2D eigenvalue weighted by molar-refractivity contribution is 5.60. The molecule has 0 atom stereocenters. The number of nitrogens with one attached hydrogen (secondary N) is 1. The van der Waals surface area contributed by atoms with Gasteiger partial charge in [0.25, 0.3) is 0 Å². The third-order valence-corrected chi connectivity index (χ3v) is 3.05. The normalized spacial score (nSPS) is 22.4. The lowest BCUT2D eigenvalue weighted by Crippen LogP contribution is -2.47. The molecule has 0 saturated carbocycles. The van der Waals surface area contributed by atoms with Crippen LogP contribution in [0.3, 0.4) is 0 Å². The predicted octanol–water partition coefficient (Wildman–Crippen LogP) is 0.872. The summed E-state index contributed by atoms with van der Waals surface area (Å²) >= 11 is 0. The highest BCUT2D eigenvalue weighted by atomic mass is 16.5. The zero-order valence-electron chi connectivity index (χ0n) is 7.92. The number of aliphatic hydroxyl groups is 1. The first-order valence-corrected chi connectivity index (χ1v) is 4.96. The van der Waals surface area contributed by atoms with Crippen molar-refractivity contribution in [2.75, 3.05) is 25.1 Å². The van der Waals surface area contributed by atoms with E-state index in [0.717, 1.165) is 18.5 Å². The first-order valence-electron chi connectivity index (χ1n) is 4.96. The Hall–Kier alpha value is -1.06. The van der Waals surface area contributed by atoms with Gasteiger partial charge in [-0.15, -0.1) is 0 Å². The maximum absolute atomic E-state index is 10.2. The lowest BCUT2D eigenvalue weighted by Gasteiger charge is -2.37. The van der Waals surface area contributed by atoms with Crippen LogP contribution in [0.25, 0.3) is 0 Å². The average molecular weight is 191 g/mol. The lowest BCUT2D eigenvalue weighted by molar-refractivity contribution is -0.184. The molecular weight excluding hydrogens is 178 g/mol. The fourth-order valence-corrected chi connectivity index (χ4v) is 2.23. The molecule has 2 aliphatic heterocycles. The molecule has 1 aromatic carbocycles. The molecular formula is C11H13NO2. The van der Waals surface area contributed by atoms with E-state index in [1.165, 1.54) is 11.3 Å². The van der Waals surface area contributed by atoms with Crippen molar-refractivity contribution in [1.82, 2.24) is 0 Å². The Morgan fingerprint density at radius 1 is 1.36 bits per heavy atom. The third kappa shape index (κ3) is 0.996. The summed E-state index contributed by atoms with van der Waals surface area (Å²) in [6, 6.07) is 6.06. The molecule has 1 saturated heterocycles. The molecule has 0 aliphatic carbocycles. The number of hydrogen-bond acceptors (Lipinski definition) is 3. The quantitative estimate of drug-likeness (QED) is 0.692. The molecule has 1 fully saturated rings. The monoisotopic (exact) mass is 191 g/mol. The molecule has 1 aromatic rings. The number of anilines is 1. The number of fused-ring (bicyclic) bond motifs is 1. The van der Waals surface area contributed by atoms with Crippen molar-refractivity contribution in [2.45, 2.75) is 12.0 Å². The van der Waals surface area contributed by atoms with Crippen LogP contribution in [0.2, 0.25) is 0 Å². The summed E-state index contributed by atoms with van der Waals surface area (Å²) in [6.45, 7) is 1.84. The molecule has 0 unspecified atom stereocenters. The van der Waals surface area contributed by atoms with Gasteiger partial charge in [-0.3, -0.25) is 0 Å². The Labute approximate surface area is 82.7 Å². The molecule has 3 rings (SSSR count). The number of benzene rings is 1. The molecule has 14 heavy (non-hydrogen) atoms. The summed E-state index contributed by atoms with van der Waals surface area (Å²) < 4.78 is 5.08. The summed E-state index contributed by atoms with van der Waals surface area (Å²) in [6.07, 6.45) is 1.01. The minimum absolute atomic E-state index is 0.434. The van der Waals surface area contributed by atoms with Gasteiger partial charge in [0.15, 0.2) is 0 Å². The van der Waals surface area contributed by atoms with Gasteiger partial charge in [-0.2, -0.15) is 0 Å². The molecule has 0 spiro atoms. The molecule has 3 heteroatoms. The van der Waals surface area contributed by atoms with E-state index in [-0.39, 0.29) is 0 Å². The van der Waals surface area contributed by atoms with Crippen molar-refractivity contribution in [3.63, 3.8) is 0 Å². The highest BCUT2D eigenvalue weighted by Crippen LogP contribution is 2.36. The standard InChI is InChI=1S/C11H13NO2/c13-11(6-14-7-11)9-2-1-3-10-8(9)4-5-12-10/h1-3,12-13H,4-7H2. The first kappa shape index (κ1) is 8.26. The number of rotatable bonds is 1. The maximum Gasteiger partial charge on any atom is 0.136 e. The Morgan fingerprint density at radius 3 is 2.93 bits per heavy atom. The lowest BCUT2D eigenvalue weighted by atomic mass is 9.87. The van der Waals surface area contributed by atoms with Crippen molar-refractivity contribution in [2.24, 2.45) is 0 Å². The highest BCUT2D eigenvalue weighted by Gasteiger charge is 2.40. The van der Waals surface area contributed by atoms with Gasteiger partial charge in [0.2, 0.25) is 0 Å². The number of hydrogen-bond donors (Lipinski definition) is 2. The second-order valence-electron chi connectivity index (χ2n) is 4.03. The maximum atomic E-state index is 10.2. The Morgan fingerprint density at radius 2 is 2.21 bits per heavy atom. The SMILES string of the molecule is OC1(c2cccc3c2CCN3)COC1. The second kappa shape index (κ2) is 2.72. The van der Waals surface area contributed by atoms with Gasteiger partial charge >= 0.3 is 0 Å². The molecule has 3 nitrogen and oxygen atoms in total. The Balaban J connectivity index is 2.10. The molecule has 0 amide bonds. The van der Waals surface area contributed by atoms with Gasteiger partial charge < -0.3 is 15.2 Å². The minimum Gasteiger partial charge on any atom is -0.384 e. The fraction of sp³-hybridized carbons (Fsp3) is 0.455. The smallest absolute Gasteiger partial charge is 0.136 e. The van der Waals surface area contributed by atoms with Crippen LogP contribution in [0.15, 0.2) is 18.2 Å². The van der Waals surface area contributed by atoms with Crippen LogP contribution < -0.4 is 5.32 Å². The van der Waals surface area contributed by atoms with Crippen molar-refractivity contribution in [1.29, 1.82) is 0 Å². The van der Waals surface area contributed by atoms with Crippen LogP contribution in [0, 0.1) is 0 Å². The first-order chi connectivity index (χ1) is 6.80. The Bertz CT molecular complexity index is 372. The van der Waals surface area contributed by atoms with Crippen LogP contribution in [0.5, 0.6) is 0 Å². The third-order valence-electron chi connectivity index (χ3n) is 3.05. The molecule has 2 N–H and O–H groups in total. The molecule has 74 valence electrons. The van der Waals surface area contributed by atoms with Crippen LogP contribution in [0.4, 0.5) is 5.69 Å². The van der Waals surface area contributed by atoms with Gasteiger partial charge in [-0.05, 0) is 23.6 Å². The van der Waals surface area contributed by atoms with Crippen molar-refractivity contribution < 1.29 is 9.84 Å². The van der Waals surface area contributed by atoms with Gasteiger partial charge in [-0.1, -0.05) is 12.1 Å². The summed E-state index contributed by atoms with van der Waals surface area (Å²) in [5.74, 6) is 0. The molecule has 2 aliphatic rings. The van der Waals surface area contributed by atoms with E-state index < -0.39 is 5.60 Å². The predicted molar refractivity (Wildman–Crippen MR) is 53.4 cm³/mol. The molecule has 0 bridgehead atoms. The molecule has 2 heterocycles. The van der Waals surface area contributed by atoms with Crippen molar-refractivity contribution in [3.8, 4) is 0 Å². The second-order valence-corrected chi connectivity index (χ2v) is 4.03. The summed E-state index contributed by atoms with van der Waals surface area (Å²) in [5, 5.41) is 13.5. The van der Waals surface area contributed by atoms with E-state index in [1.54, 1.807) is 0 Å². The van der Waals surface area contributed by atoms with Crippen LogP contribution in [0.1, 0.15) is 11.1 Å². The zero-order valence-corrected chi connectivity index (χ0v) is 7.92. The van der Waals surface area contributed by atoms with Crippen LogP contribution >= 0.6 is 0 Å². The van der Waals surface area contributed by atoms with Gasteiger partial charge in [0, 0.05) is 12.2 Å². The van der Waals surface area contributed by atoms with E-state index in [4.69, 9.17) is 4.74 Å². The van der Waals surface area contributed by atoms with Gasteiger partial charge in [-0.25, -0.2) is 0 Å². The Kier molecular flexibility index (Phi) is 1.60. The molecule has 0 aromatic heterocycles. The fourth-order valence-electron chi connectivity index (χ4n) is 2.23. The van der Waals surface area contributed by atoms with Crippen molar-refractivity contribution >= 4 is 5.69 Å². The van der Waals surface area contributed by atoms with E-state index in [2.05, 4.69) is 11.4 Å². The topological polar surface area (TPSA) is 41.5 Å².